The molecular weight excluding hydrogens is 354 g/mol. The Morgan fingerprint density at radius 1 is 1.27 bits per heavy atom. The normalized spacial score (nSPS) is 34.4. The zero-order valence-electron chi connectivity index (χ0n) is 14.8. The molecule has 1 spiro atoms. The van der Waals surface area contributed by atoms with Crippen molar-refractivity contribution in [2.24, 2.45) is 11.3 Å². The molecule has 1 aliphatic heterocycles. The van der Waals surface area contributed by atoms with Crippen LogP contribution in [0.1, 0.15) is 25.3 Å². The van der Waals surface area contributed by atoms with Crippen LogP contribution in [-0.2, 0) is 22.4 Å². The molecule has 1 saturated carbocycles. The summed E-state index contributed by atoms with van der Waals surface area (Å²) in [4.78, 5) is 4.02. The molecule has 2 aliphatic rings. The Bertz CT molecular complexity index is 729. The van der Waals surface area contributed by atoms with Gasteiger partial charge in [-0.05, 0) is 49.8 Å². The largest absolute Gasteiger partial charge is 0.387 e. The number of aromatic nitrogens is 3. The van der Waals surface area contributed by atoms with Gasteiger partial charge in [0.15, 0.2) is 6.29 Å². The van der Waals surface area contributed by atoms with Gasteiger partial charge in [0.1, 0.15) is 12.7 Å². The van der Waals surface area contributed by atoms with Crippen molar-refractivity contribution in [2.45, 2.75) is 44.6 Å². The van der Waals surface area contributed by atoms with Crippen molar-refractivity contribution in [1.29, 1.82) is 0 Å². The summed E-state index contributed by atoms with van der Waals surface area (Å²) in [6.07, 6.45) is 5.47. The molecule has 0 bridgehead atoms. The molecule has 0 radical (unpaired) electrons. The molecule has 26 heavy (non-hydrogen) atoms. The Balaban J connectivity index is 1.63. The summed E-state index contributed by atoms with van der Waals surface area (Å²) < 4.78 is 13.3. The molecule has 1 aromatic heterocycles. The number of rotatable bonds is 4. The SMILES string of the molecule is CC1OCC2(CCC(Cc3ccc(Cl)cc3)C2(O)Cn2cncn2)CO1. The number of ether oxygens (including phenoxy) is 2. The first-order valence-electron chi connectivity index (χ1n) is 9.03. The average Bonchev–Trinajstić information content (AvgIpc) is 3.22. The third-order valence-corrected chi connectivity index (χ3v) is 6.27. The van der Waals surface area contributed by atoms with Crippen LogP contribution in [0, 0.1) is 11.3 Å². The van der Waals surface area contributed by atoms with E-state index in [0.717, 1.165) is 24.3 Å². The third kappa shape index (κ3) is 3.16. The second-order valence-corrected chi connectivity index (χ2v) is 7.99. The van der Waals surface area contributed by atoms with Gasteiger partial charge in [0.25, 0.3) is 0 Å². The highest BCUT2D eigenvalue weighted by Gasteiger charge is 2.61. The van der Waals surface area contributed by atoms with Crippen LogP contribution in [0.5, 0.6) is 0 Å². The zero-order chi connectivity index (χ0) is 18.2. The van der Waals surface area contributed by atoms with Crippen LogP contribution in [-0.4, -0.2) is 45.0 Å². The van der Waals surface area contributed by atoms with E-state index in [-0.39, 0.29) is 12.2 Å². The van der Waals surface area contributed by atoms with Crippen LogP contribution in [0.15, 0.2) is 36.9 Å². The van der Waals surface area contributed by atoms with Gasteiger partial charge >= 0.3 is 0 Å². The van der Waals surface area contributed by atoms with Crippen LogP contribution in [0.25, 0.3) is 0 Å². The zero-order valence-corrected chi connectivity index (χ0v) is 15.6. The summed E-state index contributed by atoms with van der Waals surface area (Å²) in [7, 11) is 0. The fourth-order valence-electron chi connectivity index (χ4n) is 4.41. The van der Waals surface area contributed by atoms with Gasteiger partial charge < -0.3 is 14.6 Å². The predicted octanol–water partition coefficient (Wildman–Crippen LogP) is 2.69. The van der Waals surface area contributed by atoms with Crippen LogP contribution in [0.2, 0.25) is 5.02 Å². The highest BCUT2D eigenvalue weighted by Crippen LogP contribution is 2.53. The second kappa shape index (κ2) is 6.93. The van der Waals surface area contributed by atoms with Crippen molar-refractivity contribution < 1.29 is 14.6 Å². The van der Waals surface area contributed by atoms with Crippen LogP contribution in [0.3, 0.4) is 0 Å². The maximum Gasteiger partial charge on any atom is 0.154 e. The number of benzene rings is 1. The van der Waals surface area contributed by atoms with E-state index in [4.69, 9.17) is 21.1 Å². The Morgan fingerprint density at radius 3 is 2.65 bits per heavy atom. The minimum absolute atomic E-state index is 0.0773. The maximum atomic E-state index is 11.9. The lowest BCUT2D eigenvalue weighted by atomic mass is 9.70. The first-order chi connectivity index (χ1) is 12.5. The quantitative estimate of drug-likeness (QED) is 0.887. The van der Waals surface area contributed by atoms with E-state index in [1.165, 1.54) is 11.9 Å². The van der Waals surface area contributed by atoms with Crippen molar-refractivity contribution in [2.75, 3.05) is 13.2 Å². The van der Waals surface area contributed by atoms with Gasteiger partial charge in [-0.3, -0.25) is 4.68 Å². The second-order valence-electron chi connectivity index (χ2n) is 7.55. The Labute approximate surface area is 158 Å². The molecule has 140 valence electrons. The molecule has 4 rings (SSSR count). The highest BCUT2D eigenvalue weighted by atomic mass is 35.5. The van der Waals surface area contributed by atoms with Gasteiger partial charge in [-0.25, -0.2) is 4.98 Å². The highest BCUT2D eigenvalue weighted by molar-refractivity contribution is 6.30. The molecule has 2 unspecified atom stereocenters. The van der Waals surface area contributed by atoms with Gasteiger partial charge in [-0.1, -0.05) is 23.7 Å². The molecule has 2 aromatic rings. The number of aliphatic hydroxyl groups is 1. The summed E-state index contributed by atoms with van der Waals surface area (Å²) in [5.74, 6) is 0.0773. The average molecular weight is 378 g/mol. The summed E-state index contributed by atoms with van der Waals surface area (Å²) in [5.41, 5.74) is -0.247. The Hall–Kier alpha value is -1.47. The van der Waals surface area contributed by atoms with Crippen molar-refractivity contribution >= 4 is 11.6 Å². The lowest BCUT2D eigenvalue weighted by Crippen LogP contribution is -2.58. The number of hydrogen-bond acceptors (Lipinski definition) is 5. The van der Waals surface area contributed by atoms with E-state index >= 15 is 0 Å². The lowest BCUT2D eigenvalue weighted by molar-refractivity contribution is -0.265. The molecular formula is C19H24ClN3O3. The van der Waals surface area contributed by atoms with Crippen molar-refractivity contribution in [3.63, 3.8) is 0 Å². The molecule has 6 nitrogen and oxygen atoms in total. The summed E-state index contributed by atoms with van der Waals surface area (Å²) in [6, 6.07) is 7.84. The Morgan fingerprint density at radius 2 is 2.00 bits per heavy atom. The molecule has 1 saturated heterocycles. The number of hydrogen-bond donors (Lipinski definition) is 1. The molecule has 1 aliphatic carbocycles. The molecule has 2 atom stereocenters. The molecule has 7 heteroatoms. The molecule has 1 N–H and O–H groups in total. The van der Waals surface area contributed by atoms with E-state index in [0.29, 0.717) is 19.8 Å². The topological polar surface area (TPSA) is 69.4 Å². The summed E-state index contributed by atoms with van der Waals surface area (Å²) in [6.45, 7) is 3.27. The molecule has 2 fully saturated rings. The number of nitrogens with zero attached hydrogens (tertiary/aromatic N) is 3. The fraction of sp³-hybridized carbons (Fsp3) is 0.579. The maximum absolute atomic E-state index is 11.9. The fourth-order valence-corrected chi connectivity index (χ4v) is 4.54. The van der Waals surface area contributed by atoms with Crippen LogP contribution in [0.4, 0.5) is 0 Å². The molecule has 2 heterocycles. The van der Waals surface area contributed by atoms with Crippen molar-refractivity contribution in [1.82, 2.24) is 14.8 Å². The van der Waals surface area contributed by atoms with Gasteiger partial charge in [0.2, 0.25) is 0 Å². The van der Waals surface area contributed by atoms with Crippen molar-refractivity contribution in [3.8, 4) is 0 Å². The van der Waals surface area contributed by atoms with Crippen molar-refractivity contribution in [3.05, 3.63) is 47.5 Å². The standard InChI is InChI=1S/C19H24ClN3O3/c1-14-25-10-18(11-26-14)7-6-16(8-15-2-4-17(20)5-3-15)19(18,24)9-23-13-21-12-22-23/h2-5,12-14,16,24H,6-11H2,1H3. The Kier molecular flexibility index (Phi) is 4.77. The van der Waals surface area contributed by atoms with Crippen LogP contribution >= 0.6 is 11.6 Å². The molecule has 0 amide bonds. The molecule has 1 aromatic carbocycles. The van der Waals surface area contributed by atoms with Gasteiger partial charge in [-0.2, -0.15) is 5.10 Å². The summed E-state index contributed by atoms with van der Waals surface area (Å²) >= 11 is 6.01. The predicted molar refractivity (Wildman–Crippen MR) is 96.7 cm³/mol. The van der Waals surface area contributed by atoms with E-state index in [1.54, 1.807) is 11.0 Å². The van der Waals surface area contributed by atoms with Gasteiger partial charge in [-0.15, -0.1) is 0 Å². The lowest BCUT2D eigenvalue weighted by Gasteiger charge is -2.47. The first-order valence-corrected chi connectivity index (χ1v) is 9.41. The number of halogens is 1. The minimum atomic E-state index is -0.986. The van der Waals surface area contributed by atoms with Gasteiger partial charge in [0, 0.05) is 10.4 Å². The third-order valence-electron chi connectivity index (χ3n) is 6.02. The van der Waals surface area contributed by atoms with E-state index in [2.05, 4.69) is 10.1 Å². The van der Waals surface area contributed by atoms with E-state index < -0.39 is 11.0 Å². The van der Waals surface area contributed by atoms with Crippen LogP contribution < -0.4 is 0 Å². The first kappa shape index (κ1) is 17.9. The minimum Gasteiger partial charge on any atom is -0.387 e. The monoisotopic (exact) mass is 377 g/mol. The summed E-state index contributed by atoms with van der Waals surface area (Å²) in [5, 5.41) is 16.9. The van der Waals surface area contributed by atoms with Gasteiger partial charge in [0.05, 0.1) is 25.4 Å². The smallest absolute Gasteiger partial charge is 0.154 e. The van der Waals surface area contributed by atoms with E-state index in [1.807, 2.05) is 31.2 Å². The van der Waals surface area contributed by atoms with E-state index in [9.17, 15) is 5.11 Å².